The monoisotopic (exact) mass is 380 g/mol. The number of pyridine rings is 1. The van der Waals surface area contributed by atoms with Crippen LogP contribution in [0.5, 0.6) is 11.5 Å². The summed E-state index contributed by atoms with van der Waals surface area (Å²) in [5.74, 6) is 1.02. The van der Waals surface area contributed by atoms with Crippen molar-refractivity contribution >= 4 is 22.6 Å². The Hall–Kier alpha value is -3.09. The first-order valence-corrected chi connectivity index (χ1v) is 9.50. The van der Waals surface area contributed by atoms with Gasteiger partial charge in [-0.1, -0.05) is 0 Å². The van der Waals surface area contributed by atoms with Gasteiger partial charge in [0.2, 0.25) is 0 Å². The largest absolute Gasteiger partial charge is 0.493 e. The van der Waals surface area contributed by atoms with Crippen molar-refractivity contribution in [2.45, 2.75) is 38.7 Å². The molecular weight excluding hydrogens is 356 g/mol. The van der Waals surface area contributed by atoms with E-state index < -0.39 is 0 Å². The summed E-state index contributed by atoms with van der Waals surface area (Å²) in [5.41, 5.74) is 2.78. The van der Waals surface area contributed by atoms with E-state index >= 15 is 0 Å². The van der Waals surface area contributed by atoms with Crippen LogP contribution in [0.2, 0.25) is 0 Å². The van der Waals surface area contributed by atoms with Crippen LogP contribution in [0.1, 0.15) is 41.7 Å². The summed E-state index contributed by atoms with van der Waals surface area (Å²) < 4.78 is 13.2. The van der Waals surface area contributed by atoms with E-state index in [2.05, 4.69) is 15.4 Å². The van der Waals surface area contributed by atoms with Gasteiger partial charge in [-0.3, -0.25) is 9.48 Å². The summed E-state index contributed by atoms with van der Waals surface area (Å²) in [4.78, 5) is 17.1. The average molecular weight is 380 g/mol. The minimum absolute atomic E-state index is 0.228. The zero-order chi connectivity index (χ0) is 19.7. The number of aromatic nitrogens is 3. The van der Waals surface area contributed by atoms with Gasteiger partial charge in [0, 0.05) is 18.0 Å². The maximum absolute atomic E-state index is 12.7. The summed E-state index contributed by atoms with van der Waals surface area (Å²) in [6, 6.07) is 7.15. The Morgan fingerprint density at radius 2 is 2.00 bits per heavy atom. The summed E-state index contributed by atoms with van der Waals surface area (Å²) in [6.45, 7) is 1.92. The molecule has 0 spiro atoms. The SMILES string of the molecule is COc1cc(C(=O)Nc2cnc3c(c2)c(C)nn3C)ccc1OC1CCCC1. The van der Waals surface area contributed by atoms with Crippen molar-refractivity contribution in [1.82, 2.24) is 14.8 Å². The molecule has 1 saturated carbocycles. The van der Waals surface area contributed by atoms with Crippen molar-refractivity contribution in [3.8, 4) is 11.5 Å². The van der Waals surface area contributed by atoms with E-state index in [1.54, 1.807) is 36.2 Å². The van der Waals surface area contributed by atoms with Crippen molar-refractivity contribution in [3.63, 3.8) is 0 Å². The lowest BCUT2D eigenvalue weighted by atomic mass is 10.1. The summed E-state index contributed by atoms with van der Waals surface area (Å²) in [6.07, 6.45) is 6.39. The quantitative estimate of drug-likeness (QED) is 0.727. The highest BCUT2D eigenvalue weighted by Gasteiger charge is 2.19. The number of carbonyl (C=O) groups is 1. The second-order valence-electron chi connectivity index (χ2n) is 7.15. The molecule has 7 nitrogen and oxygen atoms in total. The molecule has 146 valence electrons. The molecule has 0 saturated heterocycles. The Morgan fingerprint density at radius 1 is 1.21 bits per heavy atom. The molecule has 0 bridgehead atoms. The molecular formula is C21H24N4O3. The number of nitrogens with one attached hydrogen (secondary N) is 1. The van der Waals surface area contributed by atoms with E-state index in [1.165, 1.54) is 12.8 Å². The Kier molecular flexibility index (Phi) is 4.90. The van der Waals surface area contributed by atoms with Crippen LogP contribution in [-0.2, 0) is 7.05 Å². The van der Waals surface area contributed by atoms with E-state index in [0.717, 1.165) is 29.6 Å². The molecule has 28 heavy (non-hydrogen) atoms. The zero-order valence-corrected chi connectivity index (χ0v) is 16.4. The third kappa shape index (κ3) is 3.52. The van der Waals surface area contributed by atoms with Gasteiger partial charge in [0.05, 0.1) is 30.8 Å². The number of methoxy groups -OCH3 is 1. The number of hydrogen-bond donors (Lipinski definition) is 1. The number of nitrogens with zero attached hydrogens (tertiary/aromatic N) is 3. The zero-order valence-electron chi connectivity index (χ0n) is 16.4. The molecule has 0 aliphatic heterocycles. The highest BCUT2D eigenvalue weighted by molar-refractivity contribution is 6.05. The molecule has 1 N–H and O–H groups in total. The van der Waals surface area contributed by atoms with Gasteiger partial charge in [0.1, 0.15) is 0 Å². The highest BCUT2D eigenvalue weighted by atomic mass is 16.5. The standard InChI is InChI=1S/C21H24N4O3/c1-13-17-11-15(12-22-20(17)25(2)24-13)23-21(26)14-8-9-18(19(10-14)27-3)28-16-6-4-5-7-16/h8-12,16H,4-7H2,1-3H3,(H,23,26). The van der Waals surface area contributed by atoms with Gasteiger partial charge in [-0.05, 0) is 56.9 Å². The number of aryl methyl sites for hydroxylation is 2. The van der Waals surface area contributed by atoms with Crippen molar-refractivity contribution in [2.75, 3.05) is 12.4 Å². The number of carbonyl (C=O) groups excluding carboxylic acids is 1. The number of ether oxygens (including phenoxy) is 2. The lowest BCUT2D eigenvalue weighted by molar-refractivity contribution is 0.102. The van der Waals surface area contributed by atoms with Gasteiger partial charge < -0.3 is 14.8 Å². The number of hydrogen-bond acceptors (Lipinski definition) is 5. The van der Waals surface area contributed by atoms with Gasteiger partial charge in [-0.25, -0.2) is 4.98 Å². The number of fused-ring (bicyclic) bond motifs is 1. The maximum Gasteiger partial charge on any atom is 0.255 e. The molecule has 4 rings (SSSR count). The van der Waals surface area contributed by atoms with Crippen LogP contribution >= 0.6 is 0 Å². The van der Waals surface area contributed by atoms with E-state index in [1.807, 2.05) is 20.0 Å². The molecule has 1 amide bonds. The second kappa shape index (κ2) is 7.50. The fraction of sp³-hybridized carbons (Fsp3) is 0.381. The van der Waals surface area contributed by atoms with Crippen LogP contribution in [0.25, 0.3) is 11.0 Å². The van der Waals surface area contributed by atoms with Crippen LogP contribution < -0.4 is 14.8 Å². The summed E-state index contributed by atoms with van der Waals surface area (Å²) >= 11 is 0. The first-order chi connectivity index (χ1) is 13.5. The molecule has 0 radical (unpaired) electrons. The molecule has 2 heterocycles. The Morgan fingerprint density at radius 3 is 2.75 bits per heavy atom. The molecule has 1 aliphatic rings. The normalized spacial score (nSPS) is 14.4. The molecule has 7 heteroatoms. The van der Waals surface area contributed by atoms with Crippen molar-refractivity contribution < 1.29 is 14.3 Å². The van der Waals surface area contributed by atoms with Crippen LogP contribution in [-0.4, -0.2) is 33.9 Å². The topological polar surface area (TPSA) is 78.3 Å². The van der Waals surface area contributed by atoms with Gasteiger partial charge in [-0.15, -0.1) is 0 Å². The molecule has 1 fully saturated rings. The van der Waals surface area contributed by atoms with E-state index in [0.29, 0.717) is 22.7 Å². The predicted molar refractivity (Wildman–Crippen MR) is 107 cm³/mol. The Bertz CT molecular complexity index is 1020. The predicted octanol–water partition coefficient (Wildman–Crippen LogP) is 3.86. The third-order valence-electron chi connectivity index (χ3n) is 5.14. The minimum Gasteiger partial charge on any atom is -0.493 e. The summed E-state index contributed by atoms with van der Waals surface area (Å²) in [7, 11) is 3.43. The first kappa shape index (κ1) is 18.3. The van der Waals surface area contributed by atoms with Gasteiger partial charge in [-0.2, -0.15) is 5.10 Å². The number of benzene rings is 1. The fourth-order valence-electron chi connectivity index (χ4n) is 3.67. The maximum atomic E-state index is 12.7. The lowest BCUT2D eigenvalue weighted by Crippen LogP contribution is -2.14. The van der Waals surface area contributed by atoms with Crippen LogP contribution in [0.3, 0.4) is 0 Å². The Balaban J connectivity index is 1.53. The second-order valence-corrected chi connectivity index (χ2v) is 7.15. The van der Waals surface area contributed by atoms with Crippen molar-refractivity contribution in [1.29, 1.82) is 0 Å². The lowest BCUT2D eigenvalue weighted by Gasteiger charge is -2.16. The number of rotatable bonds is 5. The molecule has 2 aromatic heterocycles. The third-order valence-corrected chi connectivity index (χ3v) is 5.14. The number of amides is 1. The van der Waals surface area contributed by atoms with Gasteiger partial charge >= 0.3 is 0 Å². The van der Waals surface area contributed by atoms with Gasteiger partial charge in [0.25, 0.3) is 5.91 Å². The van der Waals surface area contributed by atoms with Crippen LogP contribution in [0.4, 0.5) is 5.69 Å². The minimum atomic E-state index is -0.228. The summed E-state index contributed by atoms with van der Waals surface area (Å²) in [5, 5.41) is 8.16. The molecule has 0 unspecified atom stereocenters. The smallest absolute Gasteiger partial charge is 0.255 e. The van der Waals surface area contributed by atoms with Crippen molar-refractivity contribution in [3.05, 3.63) is 41.7 Å². The van der Waals surface area contributed by atoms with Crippen LogP contribution in [0.15, 0.2) is 30.5 Å². The first-order valence-electron chi connectivity index (χ1n) is 9.50. The average Bonchev–Trinajstić information content (AvgIpc) is 3.30. The fourth-order valence-corrected chi connectivity index (χ4v) is 3.67. The van der Waals surface area contributed by atoms with Crippen molar-refractivity contribution in [2.24, 2.45) is 7.05 Å². The van der Waals surface area contributed by atoms with Crippen LogP contribution in [0, 0.1) is 6.92 Å². The molecule has 3 aromatic rings. The number of anilines is 1. The Labute approximate surface area is 163 Å². The van der Waals surface area contributed by atoms with Gasteiger partial charge in [0.15, 0.2) is 17.1 Å². The van der Waals surface area contributed by atoms with E-state index in [4.69, 9.17) is 9.47 Å². The van der Waals surface area contributed by atoms with E-state index in [-0.39, 0.29) is 12.0 Å². The molecule has 1 aromatic carbocycles. The molecule has 1 aliphatic carbocycles. The molecule has 0 atom stereocenters. The highest BCUT2D eigenvalue weighted by Crippen LogP contribution is 2.32. The van der Waals surface area contributed by atoms with E-state index in [9.17, 15) is 4.79 Å².